The van der Waals surface area contributed by atoms with Crippen LogP contribution in [0.25, 0.3) is 10.9 Å². The maximum absolute atomic E-state index is 12.4. The van der Waals surface area contributed by atoms with Gasteiger partial charge in [-0.3, -0.25) is 14.7 Å². The molecule has 1 amide bonds. The number of nitrogens with one attached hydrogen (secondary N) is 3. The van der Waals surface area contributed by atoms with Gasteiger partial charge in [0.05, 0.1) is 17.5 Å². The normalized spacial score (nSPS) is 10.9. The smallest absolute Gasteiger partial charge is 0.287 e. The molecule has 0 bridgehead atoms. The van der Waals surface area contributed by atoms with Crippen LogP contribution in [0.2, 0.25) is 0 Å². The van der Waals surface area contributed by atoms with E-state index in [0.717, 1.165) is 11.1 Å². The number of fused-ring (bicyclic) bond motifs is 1. The van der Waals surface area contributed by atoms with Crippen LogP contribution in [0.1, 0.15) is 27.6 Å². The van der Waals surface area contributed by atoms with Gasteiger partial charge in [0.25, 0.3) is 11.5 Å². The highest BCUT2D eigenvalue weighted by Crippen LogP contribution is 2.09. The van der Waals surface area contributed by atoms with E-state index in [9.17, 15) is 9.59 Å². The van der Waals surface area contributed by atoms with Crippen LogP contribution in [0, 0.1) is 0 Å². The quantitative estimate of drug-likeness (QED) is 0.441. The Bertz CT molecular complexity index is 1190. The Hall–Kier alpha value is -3.85. The minimum absolute atomic E-state index is 0.0137. The molecule has 0 spiro atoms. The maximum Gasteiger partial charge on any atom is 0.287 e. The second kappa shape index (κ2) is 8.44. The summed E-state index contributed by atoms with van der Waals surface area (Å²) in [6.07, 6.45) is 1.43. The summed E-state index contributed by atoms with van der Waals surface area (Å²) >= 11 is 0. The minimum atomic E-state index is -0.445. The summed E-state index contributed by atoms with van der Waals surface area (Å²) < 4.78 is 5.60. The van der Waals surface area contributed by atoms with Gasteiger partial charge in [-0.05, 0) is 23.3 Å². The highest BCUT2D eigenvalue weighted by molar-refractivity contribution is 5.92. The third kappa shape index (κ3) is 4.53. The molecule has 4 aromatic rings. The van der Waals surface area contributed by atoms with Crippen LogP contribution in [0.5, 0.6) is 0 Å². The molecule has 0 aliphatic rings. The van der Waals surface area contributed by atoms with Crippen LogP contribution >= 0.6 is 0 Å². The van der Waals surface area contributed by atoms with Gasteiger partial charge in [0, 0.05) is 6.54 Å². The number of carbonyl (C=O) groups is 1. The van der Waals surface area contributed by atoms with Gasteiger partial charge in [0.2, 0.25) is 0 Å². The topological polar surface area (TPSA) is 126 Å². The first kappa shape index (κ1) is 18.5. The zero-order chi connectivity index (χ0) is 20.1. The number of hydrogen-bond donors (Lipinski definition) is 3. The Morgan fingerprint density at radius 1 is 1.07 bits per heavy atom. The van der Waals surface area contributed by atoms with Crippen molar-refractivity contribution in [2.45, 2.75) is 19.8 Å². The van der Waals surface area contributed by atoms with Crippen molar-refractivity contribution in [1.82, 2.24) is 30.5 Å². The molecular formula is C20H18N6O3. The van der Waals surface area contributed by atoms with Crippen LogP contribution in [0.3, 0.4) is 0 Å². The first-order valence-corrected chi connectivity index (χ1v) is 8.96. The standard InChI is InChI=1S/C20H18N6O3/c27-19-15-6-1-2-7-16(15)24-18(25-19)20(28)21-9-13-4-3-5-14(8-13)10-29-11-17-22-12-23-26-17/h1-8,12H,9-11H2,(H,21,28)(H,22,23,26)(H,24,25,27). The summed E-state index contributed by atoms with van der Waals surface area (Å²) in [5.74, 6) is 0.199. The second-order valence-corrected chi connectivity index (χ2v) is 6.36. The molecule has 0 aliphatic heterocycles. The summed E-state index contributed by atoms with van der Waals surface area (Å²) in [6.45, 7) is 1.04. The average Bonchev–Trinajstić information content (AvgIpc) is 3.26. The van der Waals surface area contributed by atoms with Gasteiger partial charge in [0.15, 0.2) is 5.82 Å². The van der Waals surface area contributed by atoms with Crippen molar-refractivity contribution >= 4 is 16.8 Å². The van der Waals surface area contributed by atoms with Gasteiger partial charge in [-0.2, -0.15) is 5.10 Å². The molecule has 146 valence electrons. The molecule has 2 aromatic carbocycles. The third-order valence-electron chi connectivity index (χ3n) is 4.24. The fourth-order valence-corrected chi connectivity index (χ4v) is 2.86. The first-order valence-electron chi connectivity index (χ1n) is 8.96. The third-order valence-corrected chi connectivity index (χ3v) is 4.24. The van der Waals surface area contributed by atoms with Crippen LogP contribution < -0.4 is 10.9 Å². The molecule has 9 heteroatoms. The molecule has 3 N–H and O–H groups in total. The predicted octanol–water partition coefficient (Wildman–Crippen LogP) is 1.69. The summed E-state index contributed by atoms with van der Waals surface area (Å²) in [5.41, 5.74) is 2.01. The van der Waals surface area contributed by atoms with Crippen LogP contribution in [0.15, 0.2) is 59.7 Å². The fourth-order valence-electron chi connectivity index (χ4n) is 2.86. The summed E-state index contributed by atoms with van der Waals surface area (Å²) in [5, 5.41) is 9.72. The number of hydrogen-bond acceptors (Lipinski definition) is 6. The zero-order valence-electron chi connectivity index (χ0n) is 15.4. The highest BCUT2D eigenvalue weighted by Gasteiger charge is 2.11. The molecule has 29 heavy (non-hydrogen) atoms. The Morgan fingerprint density at radius 2 is 1.93 bits per heavy atom. The number of carbonyl (C=O) groups excluding carboxylic acids is 1. The summed E-state index contributed by atoms with van der Waals surface area (Å²) in [4.78, 5) is 35.3. The van der Waals surface area contributed by atoms with Crippen molar-refractivity contribution in [3.8, 4) is 0 Å². The monoisotopic (exact) mass is 390 g/mol. The number of aromatic amines is 2. The lowest BCUT2D eigenvalue weighted by atomic mass is 10.1. The van der Waals surface area contributed by atoms with E-state index < -0.39 is 5.91 Å². The zero-order valence-corrected chi connectivity index (χ0v) is 15.4. The summed E-state index contributed by atoms with van der Waals surface area (Å²) in [6, 6.07) is 14.6. The number of ether oxygens (including phenoxy) is 1. The number of para-hydroxylation sites is 1. The number of rotatable bonds is 7. The molecular weight excluding hydrogens is 372 g/mol. The number of amides is 1. The molecule has 0 saturated carbocycles. The van der Waals surface area contributed by atoms with E-state index in [4.69, 9.17) is 4.74 Å². The van der Waals surface area contributed by atoms with Crippen LogP contribution in [0.4, 0.5) is 0 Å². The van der Waals surface area contributed by atoms with E-state index in [0.29, 0.717) is 36.5 Å². The van der Waals surface area contributed by atoms with E-state index in [1.807, 2.05) is 24.3 Å². The van der Waals surface area contributed by atoms with E-state index >= 15 is 0 Å². The lowest BCUT2D eigenvalue weighted by Gasteiger charge is -2.08. The molecule has 0 unspecified atom stereocenters. The van der Waals surface area contributed by atoms with Gasteiger partial charge in [-0.15, -0.1) is 0 Å². The van der Waals surface area contributed by atoms with E-state index in [1.165, 1.54) is 6.33 Å². The number of aromatic nitrogens is 5. The molecule has 0 aliphatic carbocycles. The molecule has 2 aromatic heterocycles. The van der Waals surface area contributed by atoms with Crippen molar-refractivity contribution in [3.05, 3.63) is 88.0 Å². The van der Waals surface area contributed by atoms with Gasteiger partial charge >= 0.3 is 0 Å². The molecule has 9 nitrogen and oxygen atoms in total. The molecule has 0 fully saturated rings. The largest absolute Gasteiger partial charge is 0.369 e. The Labute approximate surface area is 165 Å². The van der Waals surface area contributed by atoms with Crippen molar-refractivity contribution in [2.24, 2.45) is 0 Å². The van der Waals surface area contributed by atoms with Crippen molar-refractivity contribution < 1.29 is 9.53 Å². The number of nitrogens with zero attached hydrogens (tertiary/aromatic N) is 3. The van der Waals surface area contributed by atoms with Crippen molar-refractivity contribution in [1.29, 1.82) is 0 Å². The molecule has 0 radical (unpaired) electrons. The first-order chi connectivity index (χ1) is 14.2. The SMILES string of the molecule is O=C(NCc1cccc(COCc2ncn[nH]2)c1)c1nc2ccccc2c(=O)[nH]1. The van der Waals surface area contributed by atoms with Crippen LogP contribution in [-0.2, 0) is 24.5 Å². The minimum Gasteiger partial charge on any atom is -0.369 e. The second-order valence-electron chi connectivity index (χ2n) is 6.36. The lowest BCUT2D eigenvalue weighted by molar-refractivity contribution is 0.0940. The molecule has 0 saturated heterocycles. The molecule has 4 rings (SSSR count). The lowest BCUT2D eigenvalue weighted by Crippen LogP contribution is -2.27. The molecule has 0 atom stereocenters. The number of H-pyrrole nitrogens is 2. The van der Waals surface area contributed by atoms with Crippen LogP contribution in [-0.4, -0.2) is 31.1 Å². The van der Waals surface area contributed by atoms with Gasteiger partial charge in [0.1, 0.15) is 18.8 Å². The van der Waals surface area contributed by atoms with Crippen molar-refractivity contribution in [2.75, 3.05) is 0 Å². The average molecular weight is 390 g/mol. The van der Waals surface area contributed by atoms with E-state index in [2.05, 4.69) is 30.5 Å². The van der Waals surface area contributed by atoms with Gasteiger partial charge in [-0.25, -0.2) is 9.97 Å². The Morgan fingerprint density at radius 3 is 2.79 bits per heavy atom. The summed E-state index contributed by atoms with van der Waals surface area (Å²) in [7, 11) is 0. The van der Waals surface area contributed by atoms with E-state index in [-0.39, 0.29) is 11.4 Å². The van der Waals surface area contributed by atoms with Gasteiger partial charge < -0.3 is 15.0 Å². The van der Waals surface area contributed by atoms with E-state index in [1.54, 1.807) is 24.3 Å². The van der Waals surface area contributed by atoms with Crippen molar-refractivity contribution in [3.63, 3.8) is 0 Å². The Kier molecular flexibility index (Phi) is 5.39. The maximum atomic E-state index is 12.4. The fraction of sp³-hybridized carbons (Fsp3) is 0.150. The molecule has 2 heterocycles. The Balaban J connectivity index is 1.37. The predicted molar refractivity (Wildman–Crippen MR) is 105 cm³/mol. The highest BCUT2D eigenvalue weighted by atomic mass is 16.5. The number of benzene rings is 2. The van der Waals surface area contributed by atoms with Gasteiger partial charge in [-0.1, -0.05) is 36.4 Å².